The van der Waals surface area contributed by atoms with Gasteiger partial charge in [0.25, 0.3) is 0 Å². The van der Waals surface area contributed by atoms with E-state index in [-0.39, 0.29) is 18.2 Å². The molecule has 2 N–H and O–H groups in total. The first kappa shape index (κ1) is 22.9. The summed E-state index contributed by atoms with van der Waals surface area (Å²) in [5, 5.41) is 12.0. The molecule has 164 valence electrons. The largest absolute Gasteiger partial charge is 0.480 e. The van der Waals surface area contributed by atoms with Crippen LogP contribution in [0, 0.1) is 0 Å². The van der Waals surface area contributed by atoms with E-state index in [2.05, 4.69) is 17.9 Å². The zero-order valence-electron chi connectivity index (χ0n) is 17.3. The molecule has 7 heteroatoms. The van der Waals surface area contributed by atoms with Crippen molar-refractivity contribution in [2.24, 2.45) is 0 Å². The molecule has 0 saturated carbocycles. The van der Waals surface area contributed by atoms with Gasteiger partial charge in [0.2, 0.25) is 11.8 Å². The lowest BCUT2D eigenvalue weighted by molar-refractivity contribution is -0.151. The Hall–Kier alpha value is -2.80. The summed E-state index contributed by atoms with van der Waals surface area (Å²) in [6.07, 6.45) is 2.61. The minimum atomic E-state index is -1.04. The van der Waals surface area contributed by atoms with Gasteiger partial charge in [0, 0.05) is 13.0 Å². The van der Waals surface area contributed by atoms with Gasteiger partial charge < -0.3 is 15.3 Å². The van der Waals surface area contributed by atoms with Crippen molar-refractivity contribution in [2.45, 2.75) is 49.4 Å². The van der Waals surface area contributed by atoms with Gasteiger partial charge in [0.15, 0.2) is 0 Å². The van der Waals surface area contributed by atoms with Crippen LogP contribution in [0.15, 0.2) is 60.7 Å². The summed E-state index contributed by atoms with van der Waals surface area (Å²) in [5.41, 5.74) is 1.84. The SMILES string of the molecule is O=C(NC1CCCCN([C@@H](Cc2ccccc2)C(=O)O)C1=O)[C@@H](S)Cc1ccccc1. The fourth-order valence-electron chi connectivity index (χ4n) is 3.87. The number of benzene rings is 2. The average molecular weight is 441 g/mol. The second-order valence-electron chi connectivity index (χ2n) is 7.84. The lowest BCUT2D eigenvalue weighted by Crippen LogP contribution is -2.54. The molecule has 2 amide bonds. The monoisotopic (exact) mass is 440 g/mol. The molecular weight excluding hydrogens is 412 g/mol. The van der Waals surface area contributed by atoms with Gasteiger partial charge in [-0.1, -0.05) is 60.7 Å². The van der Waals surface area contributed by atoms with Crippen LogP contribution in [0.3, 0.4) is 0 Å². The Morgan fingerprint density at radius 1 is 1.00 bits per heavy atom. The van der Waals surface area contributed by atoms with Gasteiger partial charge in [-0.25, -0.2) is 4.79 Å². The third-order valence-electron chi connectivity index (χ3n) is 5.55. The van der Waals surface area contributed by atoms with Crippen LogP contribution < -0.4 is 5.32 Å². The molecule has 3 atom stereocenters. The smallest absolute Gasteiger partial charge is 0.326 e. The predicted molar refractivity (Wildman–Crippen MR) is 122 cm³/mol. The summed E-state index contributed by atoms with van der Waals surface area (Å²) in [7, 11) is 0. The highest BCUT2D eigenvalue weighted by molar-refractivity contribution is 7.81. The quantitative estimate of drug-likeness (QED) is 0.551. The molecule has 2 aromatic carbocycles. The average Bonchev–Trinajstić information content (AvgIpc) is 2.95. The lowest BCUT2D eigenvalue weighted by atomic mass is 10.0. The number of hydrogen-bond acceptors (Lipinski definition) is 4. The number of thiol groups is 1. The van der Waals surface area contributed by atoms with Crippen LogP contribution in [0.2, 0.25) is 0 Å². The maximum Gasteiger partial charge on any atom is 0.326 e. The van der Waals surface area contributed by atoms with Crippen LogP contribution in [0.25, 0.3) is 0 Å². The van der Waals surface area contributed by atoms with Crippen LogP contribution >= 0.6 is 12.6 Å². The molecule has 1 fully saturated rings. The standard InChI is InChI=1S/C24H28N2O4S/c27-22(21(31)16-18-11-5-2-6-12-18)25-19-13-7-8-14-26(23(19)28)20(24(29)30)15-17-9-3-1-4-10-17/h1-6,9-12,19-21,31H,7-8,13-16H2,(H,25,27)(H,29,30)/t19?,20-,21-/m0/s1. The van der Waals surface area contributed by atoms with E-state index in [1.165, 1.54) is 4.90 Å². The maximum atomic E-state index is 13.2. The molecule has 31 heavy (non-hydrogen) atoms. The third kappa shape index (κ3) is 6.34. The van der Waals surface area contributed by atoms with E-state index in [0.29, 0.717) is 25.8 Å². The summed E-state index contributed by atoms with van der Waals surface area (Å²) in [4.78, 5) is 39.3. The number of rotatable bonds is 8. The number of carbonyl (C=O) groups is 3. The zero-order valence-corrected chi connectivity index (χ0v) is 18.2. The van der Waals surface area contributed by atoms with E-state index in [9.17, 15) is 19.5 Å². The molecule has 1 heterocycles. The van der Waals surface area contributed by atoms with Crippen LogP contribution in [0.5, 0.6) is 0 Å². The highest BCUT2D eigenvalue weighted by Crippen LogP contribution is 2.19. The number of carboxylic acids is 1. The van der Waals surface area contributed by atoms with E-state index < -0.39 is 23.3 Å². The number of carbonyl (C=O) groups excluding carboxylic acids is 2. The molecule has 1 saturated heterocycles. The van der Waals surface area contributed by atoms with Gasteiger partial charge in [-0.3, -0.25) is 9.59 Å². The first-order valence-corrected chi connectivity index (χ1v) is 11.1. The number of likely N-dealkylation sites (tertiary alicyclic amines) is 1. The summed E-state index contributed by atoms with van der Waals surface area (Å²) >= 11 is 4.42. The van der Waals surface area contributed by atoms with Gasteiger partial charge >= 0.3 is 5.97 Å². The fourth-order valence-corrected chi connectivity index (χ4v) is 4.16. The van der Waals surface area contributed by atoms with Crippen LogP contribution in [-0.4, -0.2) is 51.7 Å². The van der Waals surface area contributed by atoms with Crippen molar-refractivity contribution < 1.29 is 19.5 Å². The molecule has 2 aromatic rings. The molecule has 1 aliphatic heterocycles. The Labute approximate surface area is 188 Å². The van der Waals surface area contributed by atoms with Crippen molar-refractivity contribution in [3.05, 3.63) is 71.8 Å². The third-order valence-corrected chi connectivity index (χ3v) is 5.96. The van der Waals surface area contributed by atoms with Gasteiger partial charge in [-0.15, -0.1) is 0 Å². The van der Waals surface area contributed by atoms with Crippen molar-refractivity contribution in [3.63, 3.8) is 0 Å². The molecule has 6 nitrogen and oxygen atoms in total. The number of aliphatic carboxylic acids is 1. The molecule has 0 bridgehead atoms. The van der Waals surface area contributed by atoms with Crippen LogP contribution in [0.4, 0.5) is 0 Å². The van der Waals surface area contributed by atoms with Crippen molar-refractivity contribution in [3.8, 4) is 0 Å². The van der Waals surface area contributed by atoms with E-state index in [0.717, 1.165) is 17.5 Å². The lowest BCUT2D eigenvalue weighted by Gasteiger charge is -2.30. The molecule has 1 aliphatic rings. The number of amides is 2. The molecule has 0 aliphatic carbocycles. The van der Waals surface area contributed by atoms with Crippen molar-refractivity contribution >= 4 is 30.4 Å². The minimum Gasteiger partial charge on any atom is -0.480 e. The molecule has 0 radical (unpaired) electrons. The number of nitrogens with zero attached hydrogens (tertiary/aromatic N) is 1. The van der Waals surface area contributed by atoms with Crippen LogP contribution in [-0.2, 0) is 27.2 Å². The van der Waals surface area contributed by atoms with Gasteiger partial charge in [0.1, 0.15) is 12.1 Å². The Bertz CT molecular complexity index is 891. The Morgan fingerprint density at radius 3 is 2.16 bits per heavy atom. The highest BCUT2D eigenvalue weighted by Gasteiger charge is 2.36. The summed E-state index contributed by atoms with van der Waals surface area (Å²) in [6, 6.07) is 17.1. The molecular formula is C24H28N2O4S. The number of hydrogen-bond donors (Lipinski definition) is 3. The fraction of sp³-hybridized carbons (Fsp3) is 0.375. The molecule has 1 unspecified atom stereocenters. The first-order chi connectivity index (χ1) is 15.0. The predicted octanol–water partition coefficient (Wildman–Crippen LogP) is 2.72. The highest BCUT2D eigenvalue weighted by atomic mass is 32.1. The van der Waals surface area contributed by atoms with E-state index in [1.807, 2.05) is 60.7 Å². The second-order valence-corrected chi connectivity index (χ2v) is 8.46. The Kier molecular flexibility index (Phi) is 8.12. The van der Waals surface area contributed by atoms with Gasteiger partial charge in [-0.05, 0) is 36.8 Å². The topological polar surface area (TPSA) is 86.7 Å². The van der Waals surface area contributed by atoms with Crippen molar-refractivity contribution in [1.82, 2.24) is 10.2 Å². The van der Waals surface area contributed by atoms with Crippen molar-refractivity contribution in [2.75, 3.05) is 6.54 Å². The van der Waals surface area contributed by atoms with Crippen LogP contribution in [0.1, 0.15) is 30.4 Å². The first-order valence-electron chi connectivity index (χ1n) is 10.6. The maximum absolute atomic E-state index is 13.2. The van der Waals surface area contributed by atoms with Gasteiger partial charge in [0.05, 0.1) is 5.25 Å². The van der Waals surface area contributed by atoms with E-state index in [1.54, 1.807) is 0 Å². The number of nitrogens with one attached hydrogen (secondary N) is 1. The van der Waals surface area contributed by atoms with Crippen molar-refractivity contribution in [1.29, 1.82) is 0 Å². The zero-order chi connectivity index (χ0) is 22.2. The van der Waals surface area contributed by atoms with Gasteiger partial charge in [-0.2, -0.15) is 12.6 Å². The second kappa shape index (κ2) is 11.0. The molecule has 0 aromatic heterocycles. The summed E-state index contributed by atoms with van der Waals surface area (Å²) in [6.45, 7) is 0.364. The normalized spacial score (nSPS) is 18.7. The van der Waals surface area contributed by atoms with E-state index >= 15 is 0 Å². The summed E-state index contributed by atoms with van der Waals surface area (Å²) < 4.78 is 0. The minimum absolute atomic E-state index is 0.228. The number of carboxylic acid groups (broad SMARTS) is 1. The Morgan fingerprint density at radius 2 is 1.58 bits per heavy atom. The molecule has 3 rings (SSSR count). The molecule has 0 spiro atoms. The Balaban J connectivity index is 1.69. The van der Waals surface area contributed by atoms with E-state index in [4.69, 9.17) is 0 Å². The summed E-state index contributed by atoms with van der Waals surface area (Å²) in [5.74, 6) is -1.70.